The topological polar surface area (TPSA) is 54.2 Å². The predicted octanol–water partition coefficient (Wildman–Crippen LogP) is 18.8. The lowest BCUT2D eigenvalue weighted by molar-refractivity contribution is 0.713. The zero-order valence-electron chi connectivity index (χ0n) is 43.6. The first-order valence-corrected chi connectivity index (χ1v) is 28.2. The number of pyridine rings is 2. The van der Waals surface area contributed by atoms with Gasteiger partial charge in [0.05, 0.1) is 109 Å². The van der Waals surface area contributed by atoms with E-state index >= 15 is 0 Å². The summed E-state index contributed by atoms with van der Waals surface area (Å²) in [4.78, 5) is 21.3. The van der Waals surface area contributed by atoms with Crippen LogP contribution >= 0.6 is 11.8 Å². The molecule has 10 aromatic carbocycles. The summed E-state index contributed by atoms with van der Waals surface area (Å²) in [6.07, 6.45) is 4.08. The van der Waals surface area contributed by atoms with E-state index in [0.717, 1.165) is 121 Å². The van der Waals surface area contributed by atoms with Crippen molar-refractivity contribution in [2.45, 2.75) is 15.2 Å². The monoisotopic (exact) mass is 1060 g/mol. The van der Waals surface area contributed by atoms with Crippen molar-refractivity contribution in [3.8, 4) is 34.1 Å². The number of rotatable bonds is 4. The van der Waals surface area contributed by atoms with Crippen LogP contribution in [0.4, 0.5) is 11.4 Å². The number of aromatic nitrogens is 6. The summed E-state index contributed by atoms with van der Waals surface area (Å²) < 4.78 is 9.58. The van der Waals surface area contributed by atoms with Gasteiger partial charge in [0.25, 0.3) is 0 Å². The summed E-state index contributed by atoms with van der Waals surface area (Å²) in [6.45, 7) is 16.2. The average molecular weight is 1060 g/mol. The molecule has 0 amide bonds. The van der Waals surface area contributed by atoms with Gasteiger partial charge in [0.15, 0.2) is 11.4 Å². The van der Waals surface area contributed by atoms with Crippen LogP contribution in [0.3, 0.4) is 0 Å². The van der Waals surface area contributed by atoms with Gasteiger partial charge in [-0.3, -0.25) is 9.97 Å². The van der Waals surface area contributed by atoms with Gasteiger partial charge in [0, 0.05) is 53.2 Å². The zero-order valence-corrected chi connectivity index (χ0v) is 44.4. The summed E-state index contributed by atoms with van der Waals surface area (Å²) in [5, 5.41) is 8.93. The molecule has 0 atom stereocenters. The van der Waals surface area contributed by atoms with Gasteiger partial charge in [-0.15, -0.1) is 0 Å². The number of hydrogen-bond acceptors (Lipinski definition) is 3. The lowest BCUT2D eigenvalue weighted by Gasteiger charge is -2.41. The van der Waals surface area contributed by atoms with Gasteiger partial charge in [-0.1, -0.05) is 157 Å². The van der Waals surface area contributed by atoms with Crippen molar-refractivity contribution in [1.29, 1.82) is 0 Å². The molecule has 1 aliphatic carbocycles. The number of para-hydroxylation sites is 6. The molecule has 7 heterocycles. The SMILES string of the molecule is [C-]#[N+]c1ccc2c(c1)c1cc([N+]#[C-])ccc1n2-c1cccc2c1Sc1c(-n3c4ccccc4c4ccccc43)cccc1C21c2cc(-n3c4ccccc4c4ccccc43)cnc2-c2ncc(-n3c4ccccc4c4ccccc43)cc21. The molecular weight excluding hydrogens is 1020 g/mol. The number of hydrogen-bond donors (Lipinski definition) is 0. The van der Waals surface area contributed by atoms with Crippen LogP contribution < -0.4 is 0 Å². The van der Waals surface area contributed by atoms with Crippen molar-refractivity contribution >= 4 is 110 Å². The molecule has 16 aromatic rings. The van der Waals surface area contributed by atoms with Gasteiger partial charge in [0.1, 0.15) is 0 Å². The first-order valence-electron chi connectivity index (χ1n) is 27.4. The highest BCUT2D eigenvalue weighted by Crippen LogP contribution is 2.64. The van der Waals surface area contributed by atoms with Crippen LogP contribution in [0, 0.1) is 13.1 Å². The Balaban J connectivity index is 1.02. The number of nitrogens with zero attached hydrogens (tertiary/aromatic N) is 8. The van der Waals surface area contributed by atoms with Crippen LogP contribution in [0.5, 0.6) is 0 Å². The summed E-state index contributed by atoms with van der Waals surface area (Å²) in [5.74, 6) is 0. The predicted molar refractivity (Wildman–Crippen MR) is 333 cm³/mol. The maximum absolute atomic E-state index is 8.09. The van der Waals surface area contributed by atoms with Crippen LogP contribution in [-0.4, -0.2) is 28.2 Å². The van der Waals surface area contributed by atoms with E-state index < -0.39 is 5.41 Å². The molecule has 378 valence electrons. The van der Waals surface area contributed by atoms with Gasteiger partial charge in [0.2, 0.25) is 0 Å². The van der Waals surface area contributed by atoms with Gasteiger partial charge in [-0.2, -0.15) is 0 Å². The fourth-order valence-electron chi connectivity index (χ4n) is 14.3. The van der Waals surface area contributed by atoms with Crippen LogP contribution in [0.2, 0.25) is 0 Å². The second-order valence-corrected chi connectivity index (χ2v) is 22.4. The molecule has 82 heavy (non-hydrogen) atoms. The molecule has 0 saturated heterocycles. The highest BCUT2D eigenvalue weighted by atomic mass is 32.2. The van der Waals surface area contributed by atoms with E-state index in [-0.39, 0.29) is 0 Å². The highest BCUT2D eigenvalue weighted by molar-refractivity contribution is 7.99. The first kappa shape index (κ1) is 45.0. The minimum atomic E-state index is -1.01. The van der Waals surface area contributed by atoms with Crippen LogP contribution in [-0.2, 0) is 5.41 Å². The molecule has 8 nitrogen and oxygen atoms in total. The molecule has 9 heteroatoms. The van der Waals surface area contributed by atoms with Gasteiger partial charge in [-0.05, 0) is 107 Å². The first-order chi connectivity index (χ1) is 40.6. The number of fused-ring (bicyclic) bond motifs is 21. The van der Waals surface area contributed by atoms with Crippen molar-refractivity contribution in [2.24, 2.45) is 0 Å². The Morgan fingerprint density at radius 3 is 1.00 bits per heavy atom. The molecule has 0 N–H and O–H groups in total. The summed E-state index contributed by atoms with van der Waals surface area (Å²) in [6, 6.07) is 82.6. The van der Waals surface area contributed by atoms with Crippen molar-refractivity contribution in [2.75, 3.05) is 0 Å². The van der Waals surface area contributed by atoms with E-state index in [1.807, 2.05) is 48.4 Å². The molecule has 0 fully saturated rings. The van der Waals surface area contributed by atoms with E-state index in [0.29, 0.717) is 11.4 Å². The third-order valence-electron chi connectivity index (χ3n) is 17.5. The Kier molecular flexibility index (Phi) is 9.07. The third-order valence-corrected chi connectivity index (χ3v) is 18.8. The quantitative estimate of drug-likeness (QED) is 0.165. The van der Waals surface area contributed by atoms with Crippen molar-refractivity contribution in [3.63, 3.8) is 0 Å². The Hall–Kier alpha value is -11.0. The van der Waals surface area contributed by atoms with E-state index in [1.165, 1.54) is 32.3 Å². The Morgan fingerprint density at radius 2 is 0.646 bits per heavy atom. The van der Waals surface area contributed by atoms with Gasteiger partial charge in [-0.25, -0.2) is 9.69 Å². The molecule has 2 aliphatic rings. The molecule has 0 unspecified atom stereocenters. The largest absolute Gasteiger partial charge is 0.308 e. The minimum absolute atomic E-state index is 0.546. The van der Waals surface area contributed by atoms with Crippen molar-refractivity contribution in [1.82, 2.24) is 28.2 Å². The molecule has 6 aromatic heterocycles. The molecule has 1 spiro atoms. The summed E-state index contributed by atoms with van der Waals surface area (Å²) in [5.41, 5.74) is 18.6. The standard InChI is InChI=1S/C73H40N8S/c1-74-43-33-35-65-53(37-43)54-38-44(75-2)34-36-66(54)81(65)68-32-16-24-56-72(68)82-71-55(23-15-31-67(71)80-63-29-13-7-21-51(63)52-22-8-14-30-64(52)80)73(56)57-39-45(78-59-25-9-3-17-47(59)48-18-4-10-26-60(48)78)41-76-69(57)70-58(73)40-46(42-77-70)79-61-27-11-5-19-49(61)50-20-6-12-28-62(50)79/h3-42H. The van der Waals surface area contributed by atoms with Gasteiger partial charge < -0.3 is 18.3 Å². The third kappa shape index (κ3) is 5.78. The normalized spacial score (nSPS) is 13.1. The second kappa shape index (κ2) is 16.5. The molecule has 18 rings (SSSR count). The van der Waals surface area contributed by atoms with Crippen molar-refractivity contribution < 1.29 is 0 Å². The van der Waals surface area contributed by atoms with Crippen LogP contribution in [0.1, 0.15) is 22.3 Å². The fraction of sp³-hybridized carbons (Fsp3) is 0.0137. The lowest BCUT2D eigenvalue weighted by Crippen LogP contribution is -2.33. The summed E-state index contributed by atoms with van der Waals surface area (Å²) in [7, 11) is 0. The zero-order chi connectivity index (χ0) is 53.9. The number of benzene rings is 10. The van der Waals surface area contributed by atoms with Crippen LogP contribution in [0.15, 0.2) is 253 Å². The van der Waals surface area contributed by atoms with E-state index in [4.69, 9.17) is 23.1 Å². The minimum Gasteiger partial charge on any atom is -0.308 e. The van der Waals surface area contributed by atoms with Crippen molar-refractivity contribution in [3.05, 3.63) is 288 Å². The maximum Gasteiger partial charge on any atom is 0.188 e. The second-order valence-electron chi connectivity index (χ2n) is 21.4. The molecule has 0 saturated carbocycles. The van der Waals surface area contributed by atoms with E-state index in [9.17, 15) is 0 Å². The molecule has 0 radical (unpaired) electrons. The fourth-order valence-corrected chi connectivity index (χ4v) is 15.7. The maximum atomic E-state index is 8.09. The smallest absolute Gasteiger partial charge is 0.188 e. The highest BCUT2D eigenvalue weighted by Gasteiger charge is 2.53. The molecule has 0 bridgehead atoms. The molecular formula is C73H40N8S. The van der Waals surface area contributed by atoms with E-state index in [1.54, 1.807) is 0 Å². The van der Waals surface area contributed by atoms with Crippen LogP contribution in [0.25, 0.3) is 131 Å². The summed E-state index contributed by atoms with van der Waals surface area (Å²) >= 11 is 1.81. The van der Waals surface area contributed by atoms with E-state index in [2.05, 4.69) is 234 Å². The Labute approximate surface area is 473 Å². The Bertz CT molecular complexity index is 5230. The molecule has 1 aliphatic heterocycles. The van der Waals surface area contributed by atoms with Gasteiger partial charge >= 0.3 is 0 Å². The average Bonchev–Trinajstić information content (AvgIpc) is 1.90. The Morgan fingerprint density at radius 1 is 0.317 bits per heavy atom. The lowest BCUT2D eigenvalue weighted by atomic mass is 9.67.